The van der Waals surface area contributed by atoms with Crippen molar-refractivity contribution in [3.63, 3.8) is 0 Å². The predicted molar refractivity (Wildman–Crippen MR) is 59.0 cm³/mol. The van der Waals surface area contributed by atoms with Crippen molar-refractivity contribution in [1.82, 2.24) is 14.7 Å². The second kappa shape index (κ2) is 4.66. The molecule has 1 atom stereocenters. The lowest BCUT2D eigenvalue weighted by Crippen LogP contribution is -2.40. The van der Waals surface area contributed by atoms with Crippen LogP contribution < -0.4 is 4.74 Å². The van der Waals surface area contributed by atoms with Crippen LogP contribution in [0.15, 0.2) is 12.4 Å². The summed E-state index contributed by atoms with van der Waals surface area (Å²) in [5.74, 6) is 0.872. The van der Waals surface area contributed by atoms with Crippen molar-refractivity contribution in [2.24, 2.45) is 7.05 Å². The minimum atomic E-state index is 0.568. The molecule has 4 heteroatoms. The summed E-state index contributed by atoms with van der Waals surface area (Å²) in [6, 6.07) is 0.568. The van der Waals surface area contributed by atoms with Gasteiger partial charge in [0.05, 0.1) is 12.4 Å². The molecule has 15 heavy (non-hydrogen) atoms. The molecular formula is C11H19N3O. The van der Waals surface area contributed by atoms with Crippen molar-refractivity contribution in [3.8, 4) is 5.75 Å². The topological polar surface area (TPSA) is 30.3 Å². The molecule has 0 aromatic carbocycles. The van der Waals surface area contributed by atoms with E-state index in [1.165, 1.54) is 25.8 Å². The molecule has 0 saturated carbocycles. The Morgan fingerprint density at radius 2 is 2.33 bits per heavy atom. The number of piperidine rings is 1. The molecule has 1 unspecified atom stereocenters. The van der Waals surface area contributed by atoms with Gasteiger partial charge in [0, 0.05) is 13.1 Å². The van der Waals surface area contributed by atoms with Gasteiger partial charge in [-0.15, -0.1) is 0 Å². The fraction of sp³-hybridized carbons (Fsp3) is 0.727. The molecule has 1 fully saturated rings. The van der Waals surface area contributed by atoms with Gasteiger partial charge in [-0.2, -0.15) is 5.10 Å². The van der Waals surface area contributed by atoms with Gasteiger partial charge in [0.15, 0.2) is 5.75 Å². The lowest BCUT2D eigenvalue weighted by molar-refractivity contribution is 0.125. The molecule has 0 bridgehead atoms. The number of hydrogen-bond acceptors (Lipinski definition) is 3. The summed E-state index contributed by atoms with van der Waals surface area (Å²) < 4.78 is 7.48. The number of ether oxygens (including phenoxy) is 1. The first-order valence-corrected chi connectivity index (χ1v) is 5.57. The fourth-order valence-electron chi connectivity index (χ4n) is 2.02. The van der Waals surface area contributed by atoms with Gasteiger partial charge in [0.2, 0.25) is 0 Å². The first-order chi connectivity index (χ1) is 7.25. The van der Waals surface area contributed by atoms with E-state index in [0.29, 0.717) is 6.04 Å². The van der Waals surface area contributed by atoms with Gasteiger partial charge in [-0.25, -0.2) is 0 Å². The van der Waals surface area contributed by atoms with E-state index >= 15 is 0 Å². The Labute approximate surface area is 90.8 Å². The highest BCUT2D eigenvalue weighted by molar-refractivity contribution is 5.11. The number of hydrogen-bond donors (Lipinski definition) is 0. The Morgan fingerprint density at radius 3 is 3.00 bits per heavy atom. The minimum Gasteiger partial charge on any atom is -0.489 e. The first kappa shape index (κ1) is 10.5. The molecule has 4 nitrogen and oxygen atoms in total. The summed E-state index contributed by atoms with van der Waals surface area (Å²) in [7, 11) is 4.08. The maximum absolute atomic E-state index is 5.71. The average molecular weight is 209 g/mol. The summed E-state index contributed by atoms with van der Waals surface area (Å²) >= 11 is 0. The van der Waals surface area contributed by atoms with Crippen molar-refractivity contribution in [2.75, 3.05) is 20.2 Å². The third-order valence-corrected chi connectivity index (χ3v) is 3.05. The third kappa shape index (κ3) is 2.72. The number of likely N-dealkylation sites (N-methyl/N-ethyl adjacent to an activating group) is 1. The monoisotopic (exact) mass is 209 g/mol. The van der Waals surface area contributed by atoms with Crippen LogP contribution in [0.4, 0.5) is 0 Å². The highest BCUT2D eigenvalue weighted by atomic mass is 16.5. The van der Waals surface area contributed by atoms with E-state index < -0.39 is 0 Å². The number of nitrogens with zero attached hydrogens (tertiary/aromatic N) is 3. The SMILES string of the molecule is CN1CCCCC1COc1cnn(C)c1. The lowest BCUT2D eigenvalue weighted by Gasteiger charge is -2.31. The van der Waals surface area contributed by atoms with E-state index in [2.05, 4.69) is 17.0 Å². The van der Waals surface area contributed by atoms with Gasteiger partial charge in [-0.05, 0) is 26.4 Å². The van der Waals surface area contributed by atoms with Crippen LogP contribution in [0.25, 0.3) is 0 Å². The Hall–Kier alpha value is -1.03. The summed E-state index contributed by atoms with van der Waals surface area (Å²) in [6.45, 7) is 1.98. The van der Waals surface area contributed by atoms with Crippen LogP contribution >= 0.6 is 0 Å². The molecule has 0 N–H and O–H groups in total. The quantitative estimate of drug-likeness (QED) is 0.751. The fourth-order valence-corrected chi connectivity index (χ4v) is 2.02. The number of rotatable bonds is 3. The zero-order valence-corrected chi connectivity index (χ0v) is 9.52. The largest absolute Gasteiger partial charge is 0.489 e. The first-order valence-electron chi connectivity index (χ1n) is 5.57. The molecule has 1 aliphatic rings. The highest BCUT2D eigenvalue weighted by Crippen LogP contribution is 2.16. The summed E-state index contributed by atoms with van der Waals surface area (Å²) in [5, 5.41) is 4.08. The van der Waals surface area contributed by atoms with E-state index in [9.17, 15) is 0 Å². The molecule has 2 rings (SSSR count). The molecular weight excluding hydrogens is 190 g/mol. The van der Waals surface area contributed by atoms with Crippen molar-refractivity contribution in [1.29, 1.82) is 0 Å². The predicted octanol–water partition coefficient (Wildman–Crippen LogP) is 1.28. The Bertz CT molecular complexity index is 311. The average Bonchev–Trinajstić information content (AvgIpc) is 2.63. The van der Waals surface area contributed by atoms with Crippen LogP contribution in [0.2, 0.25) is 0 Å². The number of aromatic nitrogens is 2. The van der Waals surface area contributed by atoms with Gasteiger partial charge >= 0.3 is 0 Å². The van der Waals surface area contributed by atoms with E-state index in [4.69, 9.17) is 4.74 Å². The van der Waals surface area contributed by atoms with Crippen LogP contribution in [0, 0.1) is 0 Å². The van der Waals surface area contributed by atoms with Crippen LogP contribution in [0.5, 0.6) is 5.75 Å². The van der Waals surface area contributed by atoms with Gasteiger partial charge in [-0.1, -0.05) is 6.42 Å². The van der Waals surface area contributed by atoms with Gasteiger partial charge in [0.25, 0.3) is 0 Å². The standard InChI is InChI=1S/C11H19N3O/c1-13-6-4-3-5-10(13)9-15-11-7-12-14(2)8-11/h7-8,10H,3-6,9H2,1-2H3. The molecule has 1 aromatic rings. The maximum Gasteiger partial charge on any atom is 0.157 e. The summed E-state index contributed by atoms with van der Waals surface area (Å²) in [5.41, 5.74) is 0. The molecule has 1 aromatic heterocycles. The molecule has 1 aliphatic heterocycles. The smallest absolute Gasteiger partial charge is 0.157 e. The van der Waals surface area contributed by atoms with Crippen molar-refractivity contribution >= 4 is 0 Å². The highest BCUT2D eigenvalue weighted by Gasteiger charge is 2.19. The number of likely N-dealkylation sites (tertiary alicyclic amines) is 1. The van der Waals surface area contributed by atoms with Crippen LogP contribution in [-0.2, 0) is 7.05 Å². The van der Waals surface area contributed by atoms with Crippen LogP contribution in [0.3, 0.4) is 0 Å². The van der Waals surface area contributed by atoms with Gasteiger partial charge < -0.3 is 9.64 Å². The van der Waals surface area contributed by atoms with Crippen molar-refractivity contribution in [3.05, 3.63) is 12.4 Å². The Kier molecular flexibility index (Phi) is 3.26. The van der Waals surface area contributed by atoms with Gasteiger partial charge in [-0.3, -0.25) is 4.68 Å². The molecule has 84 valence electrons. The Morgan fingerprint density at radius 1 is 1.47 bits per heavy atom. The van der Waals surface area contributed by atoms with Crippen LogP contribution in [-0.4, -0.2) is 40.9 Å². The minimum absolute atomic E-state index is 0.568. The molecule has 0 spiro atoms. The Balaban J connectivity index is 1.81. The van der Waals surface area contributed by atoms with Crippen molar-refractivity contribution < 1.29 is 4.74 Å². The maximum atomic E-state index is 5.71. The van der Waals surface area contributed by atoms with E-state index in [1.54, 1.807) is 10.9 Å². The normalized spacial score (nSPS) is 22.9. The third-order valence-electron chi connectivity index (χ3n) is 3.05. The summed E-state index contributed by atoms with van der Waals surface area (Å²) in [6.07, 6.45) is 7.56. The lowest BCUT2D eigenvalue weighted by atomic mass is 10.0. The van der Waals surface area contributed by atoms with Gasteiger partial charge in [0.1, 0.15) is 6.61 Å². The molecule has 0 aliphatic carbocycles. The number of aryl methyl sites for hydroxylation is 1. The van der Waals surface area contributed by atoms with E-state index in [0.717, 1.165) is 12.4 Å². The van der Waals surface area contributed by atoms with E-state index in [-0.39, 0.29) is 0 Å². The zero-order chi connectivity index (χ0) is 10.7. The second-order valence-electron chi connectivity index (χ2n) is 4.29. The summed E-state index contributed by atoms with van der Waals surface area (Å²) in [4.78, 5) is 2.39. The molecule has 0 radical (unpaired) electrons. The second-order valence-corrected chi connectivity index (χ2v) is 4.29. The molecule has 1 saturated heterocycles. The molecule has 0 amide bonds. The molecule has 2 heterocycles. The van der Waals surface area contributed by atoms with Crippen LogP contribution in [0.1, 0.15) is 19.3 Å². The van der Waals surface area contributed by atoms with E-state index in [1.807, 2.05) is 13.2 Å². The zero-order valence-electron chi connectivity index (χ0n) is 9.52. The van der Waals surface area contributed by atoms with Crippen molar-refractivity contribution in [2.45, 2.75) is 25.3 Å².